The lowest BCUT2D eigenvalue weighted by molar-refractivity contribution is 0.0480. The second kappa shape index (κ2) is 2.13. The topological polar surface area (TPSA) is 64.7 Å². The summed E-state index contributed by atoms with van der Waals surface area (Å²) in [6, 6.07) is -0.358. The van der Waals surface area contributed by atoms with Crippen molar-refractivity contribution in [1.82, 2.24) is 20.4 Å². The van der Waals surface area contributed by atoms with Gasteiger partial charge in [-0.05, 0) is 13.8 Å². The van der Waals surface area contributed by atoms with Crippen LogP contribution in [-0.2, 0) is 0 Å². The van der Waals surface area contributed by atoms with Gasteiger partial charge in [-0.25, -0.2) is 9.59 Å². The first-order valence-corrected chi connectivity index (χ1v) is 4.45. The Bertz CT molecular complexity index is 303. The van der Waals surface area contributed by atoms with Gasteiger partial charge in [-0.2, -0.15) is 0 Å². The van der Waals surface area contributed by atoms with E-state index < -0.39 is 11.3 Å². The van der Waals surface area contributed by atoms with Crippen molar-refractivity contribution in [2.45, 2.75) is 25.2 Å². The number of rotatable bonds is 0. The summed E-state index contributed by atoms with van der Waals surface area (Å²) in [5, 5.41) is 5.51. The van der Waals surface area contributed by atoms with E-state index in [1.165, 1.54) is 9.80 Å². The summed E-state index contributed by atoms with van der Waals surface area (Å²) in [7, 11) is 3.36. The molecule has 0 radical (unpaired) electrons. The fourth-order valence-corrected chi connectivity index (χ4v) is 2.15. The predicted molar refractivity (Wildman–Crippen MR) is 49.4 cm³/mol. The molecule has 0 unspecified atom stereocenters. The number of amides is 4. The van der Waals surface area contributed by atoms with E-state index in [2.05, 4.69) is 10.6 Å². The molecule has 2 fully saturated rings. The Balaban J connectivity index is 2.52. The van der Waals surface area contributed by atoms with Crippen LogP contribution in [-0.4, -0.2) is 47.3 Å². The first-order valence-electron chi connectivity index (χ1n) is 4.45. The number of nitrogens with one attached hydrogen (secondary N) is 2. The van der Waals surface area contributed by atoms with Gasteiger partial charge in [0, 0.05) is 14.1 Å². The molecule has 2 saturated heterocycles. The van der Waals surface area contributed by atoms with Gasteiger partial charge in [0.05, 0.1) is 0 Å². The molecule has 0 aromatic rings. The number of fused-ring (bicyclic) bond motifs is 1. The van der Waals surface area contributed by atoms with Gasteiger partial charge in [-0.15, -0.1) is 0 Å². The average Bonchev–Trinajstić information content (AvgIpc) is 2.36. The van der Waals surface area contributed by atoms with Crippen LogP contribution in [0.4, 0.5) is 9.59 Å². The highest BCUT2D eigenvalue weighted by molar-refractivity contribution is 5.87. The van der Waals surface area contributed by atoms with Crippen molar-refractivity contribution in [1.29, 1.82) is 0 Å². The zero-order valence-electron chi connectivity index (χ0n) is 8.71. The second-order valence-corrected chi connectivity index (χ2v) is 4.12. The average molecular weight is 198 g/mol. The van der Waals surface area contributed by atoms with Crippen LogP contribution in [0.3, 0.4) is 0 Å². The predicted octanol–water partition coefficient (Wildman–Crippen LogP) is -0.271. The van der Waals surface area contributed by atoms with E-state index in [0.717, 1.165) is 0 Å². The van der Waals surface area contributed by atoms with Gasteiger partial charge < -0.3 is 20.4 Å². The van der Waals surface area contributed by atoms with Crippen molar-refractivity contribution in [2.24, 2.45) is 0 Å². The molecule has 0 aromatic heterocycles. The molecule has 0 aliphatic carbocycles. The number of urea groups is 2. The molecule has 6 heteroatoms. The third kappa shape index (κ3) is 0.681. The van der Waals surface area contributed by atoms with E-state index >= 15 is 0 Å². The fraction of sp³-hybridized carbons (Fsp3) is 0.750. The van der Waals surface area contributed by atoms with Crippen molar-refractivity contribution < 1.29 is 9.59 Å². The summed E-state index contributed by atoms with van der Waals surface area (Å²) in [5.41, 5.74) is -1.37. The molecule has 0 spiro atoms. The quantitative estimate of drug-likeness (QED) is 0.562. The minimum atomic E-state index is -0.718. The maximum Gasteiger partial charge on any atom is 0.321 e. The molecule has 78 valence electrons. The van der Waals surface area contributed by atoms with E-state index in [1.54, 1.807) is 21.0 Å². The Morgan fingerprint density at radius 1 is 1.00 bits per heavy atom. The van der Waals surface area contributed by atoms with Crippen molar-refractivity contribution in [2.75, 3.05) is 14.1 Å². The van der Waals surface area contributed by atoms with Crippen LogP contribution in [0, 0.1) is 0 Å². The largest absolute Gasteiger partial charge is 0.321 e. The number of carbonyl (C=O) groups is 2. The lowest BCUT2D eigenvalue weighted by Gasteiger charge is -2.39. The van der Waals surface area contributed by atoms with Gasteiger partial charge in [0.25, 0.3) is 0 Å². The molecule has 2 aliphatic rings. The summed E-state index contributed by atoms with van der Waals surface area (Å²) in [4.78, 5) is 26.0. The van der Waals surface area contributed by atoms with Crippen LogP contribution in [0.5, 0.6) is 0 Å². The minimum Gasteiger partial charge on any atom is -0.311 e. The molecule has 0 aromatic carbocycles. The Morgan fingerprint density at radius 2 is 1.36 bits per heavy atom. The Kier molecular flexibility index (Phi) is 1.39. The number of hydrogen-bond acceptors (Lipinski definition) is 2. The van der Waals surface area contributed by atoms with Crippen molar-refractivity contribution in [3.05, 3.63) is 0 Å². The summed E-state index contributed by atoms with van der Waals surface area (Å²) in [6.07, 6.45) is 0. The summed E-state index contributed by atoms with van der Waals surface area (Å²) >= 11 is 0. The zero-order valence-corrected chi connectivity index (χ0v) is 8.71. The van der Waals surface area contributed by atoms with Crippen LogP contribution in [0.25, 0.3) is 0 Å². The number of hydrogen-bond donors (Lipinski definition) is 2. The summed E-state index contributed by atoms with van der Waals surface area (Å²) < 4.78 is 0. The van der Waals surface area contributed by atoms with Crippen LogP contribution < -0.4 is 10.6 Å². The van der Waals surface area contributed by atoms with Crippen molar-refractivity contribution in [3.63, 3.8) is 0 Å². The smallest absolute Gasteiger partial charge is 0.311 e. The van der Waals surface area contributed by atoms with Crippen molar-refractivity contribution in [3.8, 4) is 0 Å². The maximum absolute atomic E-state index is 11.5. The highest BCUT2D eigenvalue weighted by Gasteiger charge is 2.65. The van der Waals surface area contributed by atoms with Crippen molar-refractivity contribution >= 4 is 12.1 Å². The zero-order chi connectivity index (χ0) is 10.7. The number of nitrogens with zero attached hydrogens (tertiary/aromatic N) is 2. The maximum atomic E-state index is 11.5. The molecule has 14 heavy (non-hydrogen) atoms. The Hall–Kier alpha value is -1.46. The minimum absolute atomic E-state index is 0.179. The van der Waals surface area contributed by atoms with E-state index in [-0.39, 0.29) is 12.1 Å². The van der Waals surface area contributed by atoms with Crippen LogP contribution in [0.2, 0.25) is 0 Å². The van der Waals surface area contributed by atoms with E-state index in [1.807, 2.05) is 6.92 Å². The normalized spacial score (nSPS) is 41.1. The SMILES string of the molecule is CN1C(=O)NC2(C)NC(=O)N(C)C12C. The third-order valence-corrected chi connectivity index (χ3v) is 3.58. The Morgan fingerprint density at radius 3 is 1.64 bits per heavy atom. The van der Waals surface area contributed by atoms with Crippen LogP contribution in [0.1, 0.15) is 13.8 Å². The lowest BCUT2D eigenvalue weighted by atomic mass is 9.99. The third-order valence-electron chi connectivity index (χ3n) is 3.58. The standard InChI is InChI=1S/C8H14N4O2/c1-7-8(2,11(3)5(13)9-7)12(4)6(14)10-7/h1-4H3,(H,9,13)(H,10,14). The number of likely N-dealkylation sites (N-methyl/N-ethyl adjacent to an activating group) is 2. The first kappa shape index (κ1) is 9.11. The Labute approximate surface area is 82.2 Å². The van der Waals surface area contributed by atoms with Gasteiger partial charge in [0.15, 0.2) is 11.3 Å². The van der Waals surface area contributed by atoms with Gasteiger partial charge in [-0.3, -0.25) is 0 Å². The van der Waals surface area contributed by atoms with Gasteiger partial charge >= 0.3 is 12.1 Å². The molecule has 2 heterocycles. The summed E-state index contributed by atoms with van der Waals surface area (Å²) in [5.74, 6) is 0. The molecule has 0 atom stereocenters. The first-order chi connectivity index (χ1) is 6.33. The molecular weight excluding hydrogens is 184 g/mol. The van der Waals surface area contributed by atoms with E-state index in [4.69, 9.17) is 0 Å². The molecule has 4 amide bonds. The monoisotopic (exact) mass is 198 g/mol. The van der Waals surface area contributed by atoms with Crippen LogP contribution in [0.15, 0.2) is 0 Å². The molecular formula is C8H14N4O2. The fourth-order valence-electron chi connectivity index (χ4n) is 2.15. The van der Waals surface area contributed by atoms with Gasteiger partial charge in [-0.1, -0.05) is 0 Å². The molecule has 2 N–H and O–H groups in total. The van der Waals surface area contributed by atoms with E-state index in [0.29, 0.717) is 0 Å². The molecule has 0 bridgehead atoms. The highest BCUT2D eigenvalue weighted by Crippen LogP contribution is 2.38. The van der Waals surface area contributed by atoms with Gasteiger partial charge in [0.1, 0.15) is 0 Å². The number of carbonyl (C=O) groups excluding carboxylic acids is 2. The molecule has 2 rings (SSSR count). The molecule has 0 saturated carbocycles. The molecule has 6 nitrogen and oxygen atoms in total. The second-order valence-electron chi connectivity index (χ2n) is 4.12. The lowest BCUT2D eigenvalue weighted by Crippen LogP contribution is -2.62. The van der Waals surface area contributed by atoms with E-state index in [9.17, 15) is 9.59 Å². The van der Waals surface area contributed by atoms with Gasteiger partial charge in [0.2, 0.25) is 0 Å². The molecule has 2 aliphatic heterocycles. The van der Waals surface area contributed by atoms with Crippen LogP contribution >= 0.6 is 0 Å². The highest BCUT2D eigenvalue weighted by atomic mass is 16.2. The summed E-state index contributed by atoms with van der Waals surface area (Å²) in [6.45, 7) is 3.65.